The van der Waals surface area contributed by atoms with E-state index in [0.29, 0.717) is 18.9 Å². The monoisotopic (exact) mass is 262 g/mol. The first-order valence-corrected chi connectivity index (χ1v) is 6.92. The van der Waals surface area contributed by atoms with Gasteiger partial charge in [0.2, 0.25) is 5.91 Å². The van der Waals surface area contributed by atoms with E-state index < -0.39 is 0 Å². The van der Waals surface area contributed by atoms with Crippen LogP contribution in [0.5, 0.6) is 0 Å². The van der Waals surface area contributed by atoms with Gasteiger partial charge in [-0.3, -0.25) is 4.79 Å². The molecular formula is C16H26N2O. The Morgan fingerprint density at radius 2 is 1.84 bits per heavy atom. The molecule has 1 unspecified atom stereocenters. The van der Waals surface area contributed by atoms with E-state index in [4.69, 9.17) is 5.73 Å². The van der Waals surface area contributed by atoms with Crippen LogP contribution < -0.4 is 11.1 Å². The Morgan fingerprint density at radius 1 is 1.26 bits per heavy atom. The average Bonchev–Trinajstić information content (AvgIpc) is 2.36. The predicted molar refractivity (Wildman–Crippen MR) is 79.9 cm³/mol. The Hall–Kier alpha value is -1.35. The maximum Gasteiger partial charge on any atom is 0.221 e. The molecule has 0 saturated heterocycles. The van der Waals surface area contributed by atoms with Crippen LogP contribution in [0.3, 0.4) is 0 Å². The van der Waals surface area contributed by atoms with Crippen molar-refractivity contribution in [2.45, 2.75) is 45.6 Å². The standard InChI is InChI=1S/C16H26N2O/c1-12(2)14(13-8-6-5-7-9-13)10-15(19)18-16(3,4)11-17/h5-9,12,14H,10-11,17H2,1-4H3,(H,18,19). The summed E-state index contributed by atoms with van der Waals surface area (Å²) in [7, 11) is 0. The first-order valence-electron chi connectivity index (χ1n) is 6.92. The zero-order valence-corrected chi connectivity index (χ0v) is 12.4. The van der Waals surface area contributed by atoms with Crippen LogP contribution in [0.15, 0.2) is 30.3 Å². The number of rotatable bonds is 6. The molecule has 0 aliphatic rings. The normalized spacial score (nSPS) is 13.4. The molecule has 1 amide bonds. The Bertz CT molecular complexity index is 398. The van der Waals surface area contributed by atoms with Crippen molar-refractivity contribution in [2.75, 3.05) is 6.54 Å². The SMILES string of the molecule is CC(C)C(CC(=O)NC(C)(C)CN)c1ccccc1. The minimum atomic E-state index is -0.338. The summed E-state index contributed by atoms with van der Waals surface area (Å²) in [5.41, 5.74) is 6.52. The number of carbonyl (C=O) groups is 1. The van der Waals surface area contributed by atoms with Crippen LogP contribution in [0.1, 0.15) is 45.6 Å². The largest absolute Gasteiger partial charge is 0.350 e. The lowest BCUT2D eigenvalue weighted by Crippen LogP contribution is -2.49. The quantitative estimate of drug-likeness (QED) is 0.828. The highest BCUT2D eigenvalue weighted by atomic mass is 16.1. The van der Waals surface area contributed by atoms with E-state index in [1.54, 1.807) is 0 Å². The fourth-order valence-corrected chi connectivity index (χ4v) is 2.12. The van der Waals surface area contributed by atoms with E-state index in [-0.39, 0.29) is 17.4 Å². The van der Waals surface area contributed by atoms with Gasteiger partial charge in [-0.1, -0.05) is 44.2 Å². The van der Waals surface area contributed by atoms with Gasteiger partial charge in [0.15, 0.2) is 0 Å². The third-order valence-corrected chi connectivity index (χ3v) is 3.43. The maximum absolute atomic E-state index is 12.1. The average molecular weight is 262 g/mol. The highest BCUT2D eigenvalue weighted by Gasteiger charge is 2.23. The van der Waals surface area contributed by atoms with Crippen molar-refractivity contribution in [3.8, 4) is 0 Å². The van der Waals surface area contributed by atoms with Crippen molar-refractivity contribution >= 4 is 5.91 Å². The van der Waals surface area contributed by atoms with Crippen molar-refractivity contribution < 1.29 is 4.79 Å². The molecule has 0 aliphatic carbocycles. The van der Waals surface area contributed by atoms with Crippen LogP contribution in [0, 0.1) is 5.92 Å². The number of nitrogens with two attached hydrogens (primary N) is 1. The van der Waals surface area contributed by atoms with E-state index >= 15 is 0 Å². The van der Waals surface area contributed by atoms with Crippen molar-refractivity contribution in [1.29, 1.82) is 0 Å². The molecule has 1 atom stereocenters. The lowest BCUT2D eigenvalue weighted by Gasteiger charge is -2.27. The molecule has 0 aromatic heterocycles. The summed E-state index contributed by atoms with van der Waals surface area (Å²) in [5, 5.41) is 3.00. The lowest BCUT2D eigenvalue weighted by molar-refractivity contribution is -0.123. The fourth-order valence-electron chi connectivity index (χ4n) is 2.12. The Labute approximate surface area is 116 Å². The molecule has 19 heavy (non-hydrogen) atoms. The highest BCUT2D eigenvalue weighted by Crippen LogP contribution is 2.27. The summed E-state index contributed by atoms with van der Waals surface area (Å²) in [6.45, 7) is 8.63. The van der Waals surface area contributed by atoms with Crippen LogP contribution in [0.25, 0.3) is 0 Å². The molecule has 0 heterocycles. The summed E-state index contributed by atoms with van der Waals surface area (Å²) in [5.74, 6) is 0.738. The molecular weight excluding hydrogens is 236 g/mol. The summed E-state index contributed by atoms with van der Waals surface area (Å²) >= 11 is 0. The molecule has 0 bridgehead atoms. The van der Waals surface area contributed by atoms with Gasteiger partial charge in [0.05, 0.1) is 0 Å². The van der Waals surface area contributed by atoms with Gasteiger partial charge in [-0.15, -0.1) is 0 Å². The molecule has 3 heteroatoms. The van der Waals surface area contributed by atoms with E-state index in [9.17, 15) is 4.79 Å². The minimum absolute atomic E-state index is 0.0676. The molecule has 1 aromatic rings. The zero-order chi connectivity index (χ0) is 14.5. The van der Waals surface area contributed by atoms with Gasteiger partial charge in [0.1, 0.15) is 0 Å². The smallest absolute Gasteiger partial charge is 0.221 e. The van der Waals surface area contributed by atoms with Gasteiger partial charge >= 0.3 is 0 Å². The second-order valence-electron chi connectivity index (χ2n) is 6.10. The van der Waals surface area contributed by atoms with Crippen LogP contribution in [-0.2, 0) is 4.79 Å². The minimum Gasteiger partial charge on any atom is -0.350 e. The zero-order valence-electron chi connectivity index (χ0n) is 12.4. The van der Waals surface area contributed by atoms with Crippen LogP contribution in [0.4, 0.5) is 0 Å². The van der Waals surface area contributed by atoms with Gasteiger partial charge in [-0.25, -0.2) is 0 Å². The Morgan fingerprint density at radius 3 is 2.32 bits per heavy atom. The first-order chi connectivity index (χ1) is 8.85. The predicted octanol–water partition coefficient (Wildman–Crippen LogP) is 2.67. The molecule has 3 nitrogen and oxygen atoms in total. The maximum atomic E-state index is 12.1. The molecule has 0 spiro atoms. The molecule has 1 aromatic carbocycles. The van der Waals surface area contributed by atoms with Gasteiger partial charge < -0.3 is 11.1 Å². The number of hydrogen-bond donors (Lipinski definition) is 2. The highest BCUT2D eigenvalue weighted by molar-refractivity contribution is 5.77. The van der Waals surface area contributed by atoms with Gasteiger partial charge in [0, 0.05) is 18.5 Å². The molecule has 106 valence electrons. The van der Waals surface area contributed by atoms with Crippen molar-refractivity contribution in [2.24, 2.45) is 11.7 Å². The van der Waals surface area contributed by atoms with Gasteiger partial charge in [-0.05, 0) is 31.2 Å². The summed E-state index contributed by atoms with van der Waals surface area (Å²) in [6, 6.07) is 10.2. The Balaban J connectivity index is 2.73. The molecule has 0 fully saturated rings. The van der Waals surface area contributed by atoms with E-state index in [2.05, 4.69) is 31.3 Å². The number of hydrogen-bond acceptors (Lipinski definition) is 2. The number of carbonyl (C=O) groups excluding carboxylic acids is 1. The number of benzene rings is 1. The lowest BCUT2D eigenvalue weighted by atomic mass is 9.85. The van der Waals surface area contributed by atoms with Crippen molar-refractivity contribution in [3.63, 3.8) is 0 Å². The third-order valence-electron chi connectivity index (χ3n) is 3.43. The van der Waals surface area contributed by atoms with Crippen LogP contribution >= 0.6 is 0 Å². The number of nitrogens with one attached hydrogen (secondary N) is 1. The molecule has 0 radical (unpaired) electrons. The number of amides is 1. The molecule has 3 N–H and O–H groups in total. The molecule has 0 aliphatic heterocycles. The summed E-state index contributed by atoms with van der Waals surface area (Å²) < 4.78 is 0. The fraction of sp³-hybridized carbons (Fsp3) is 0.562. The third kappa shape index (κ3) is 5.03. The van der Waals surface area contributed by atoms with Crippen LogP contribution in [-0.4, -0.2) is 18.0 Å². The van der Waals surface area contributed by atoms with Crippen molar-refractivity contribution in [3.05, 3.63) is 35.9 Å². The van der Waals surface area contributed by atoms with E-state index in [1.807, 2.05) is 32.0 Å². The Kier molecular flexibility index (Phi) is 5.55. The summed E-state index contributed by atoms with van der Waals surface area (Å²) in [4.78, 5) is 12.1. The first kappa shape index (κ1) is 15.7. The second-order valence-corrected chi connectivity index (χ2v) is 6.10. The van der Waals surface area contributed by atoms with E-state index in [1.165, 1.54) is 5.56 Å². The molecule has 0 saturated carbocycles. The second kappa shape index (κ2) is 6.71. The topological polar surface area (TPSA) is 55.1 Å². The van der Waals surface area contributed by atoms with Gasteiger partial charge in [0.25, 0.3) is 0 Å². The van der Waals surface area contributed by atoms with Gasteiger partial charge in [-0.2, -0.15) is 0 Å². The molecule has 1 rings (SSSR count). The van der Waals surface area contributed by atoms with Crippen LogP contribution in [0.2, 0.25) is 0 Å². The summed E-state index contributed by atoms with van der Waals surface area (Å²) in [6.07, 6.45) is 0.505. The van der Waals surface area contributed by atoms with Crippen molar-refractivity contribution in [1.82, 2.24) is 5.32 Å². The van der Waals surface area contributed by atoms with E-state index in [0.717, 1.165) is 0 Å².